The van der Waals surface area contributed by atoms with Gasteiger partial charge in [-0.25, -0.2) is 4.98 Å². The minimum atomic E-state index is -0.585. The number of nitrogens with zero attached hydrogens (tertiary/aromatic N) is 4. The Bertz CT molecular complexity index is 535. The van der Waals surface area contributed by atoms with Crippen LogP contribution in [-0.2, 0) is 4.79 Å². The highest BCUT2D eigenvalue weighted by Gasteiger charge is 2.25. The molecule has 0 aliphatic heterocycles. The molecule has 110 valence electrons. The number of carbonyl (C=O) groups is 1. The van der Waals surface area contributed by atoms with Gasteiger partial charge in [0, 0.05) is 13.1 Å². The van der Waals surface area contributed by atoms with Crippen LogP contribution in [0.3, 0.4) is 0 Å². The number of hydrogen-bond donors (Lipinski definition) is 1. The maximum absolute atomic E-state index is 11.7. The second kappa shape index (κ2) is 6.47. The molecule has 8 nitrogen and oxygen atoms in total. The van der Waals surface area contributed by atoms with E-state index in [2.05, 4.69) is 15.3 Å². The summed E-state index contributed by atoms with van der Waals surface area (Å²) in [4.78, 5) is 31.1. The maximum atomic E-state index is 11.7. The van der Waals surface area contributed by atoms with Gasteiger partial charge in [0.25, 0.3) is 0 Å². The van der Waals surface area contributed by atoms with Crippen molar-refractivity contribution in [1.29, 1.82) is 0 Å². The Labute approximate surface area is 121 Å². The monoisotopic (exact) mass is 301 g/mol. The van der Waals surface area contributed by atoms with E-state index in [4.69, 9.17) is 11.6 Å². The van der Waals surface area contributed by atoms with Crippen molar-refractivity contribution < 1.29 is 9.72 Å². The molecule has 0 aliphatic carbocycles. The Morgan fingerprint density at radius 2 is 2.10 bits per heavy atom. The zero-order valence-corrected chi connectivity index (χ0v) is 12.4. The molecular weight excluding hydrogens is 286 g/mol. The summed E-state index contributed by atoms with van der Waals surface area (Å²) in [7, 11) is 1.53. The average Bonchev–Trinajstić information content (AvgIpc) is 2.25. The lowest BCUT2D eigenvalue weighted by Gasteiger charge is -2.19. The first-order valence-electron chi connectivity index (χ1n) is 5.91. The van der Waals surface area contributed by atoms with Gasteiger partial charge in [0.2, 0.25) is 17.0 Å². The van der Waals surface area contributed by atoms with E-state index in [9.17, 15) is 14.9 Å². The van der Waals surface area contributed by atoms with Crippen LogP contribution in [0.5, 0.6) is 0 Å². The summed E-state index contributed by atoms with van der Waals surface area (Å²) in [6.45, 7) is 5.06. The van der Waals surface area contributed by atoms with Crippen molar-refractivity contribution in [3.63, 3.8) is 0 Å². The van der Waals surface area contributed by atoms with E-state index in [0.717, 1.165) is 0 Å². The first kappa shape index (κ1) is 16.1. The summed E-state index contributed by atoms with van der Waals surface area (Å²) < 4.78 is 0. The first-order valence-corrected chi connectivity index (χ1v) is 6.29. The fourth-order valence-electron chi connectivity index (χ4n) is 1.66. The maximum Gasteiger partial charge on any atom is 0.332 e. The summed E-state index contributed by atoms with van der Waals surface area (Å²) in [6, 6.07) is -0.0124. The summed E-state index contributed by atoms with van der Waals surface area (Å²) in [6.07, 6.45) is 0. The fraction of sp³-hybridized carbons (Fsp3) is 0.545. The van der Waals surface area contributed by atoms with Crippen molar-refractivity contribution in [2.75, 3.05) is 18.5 Å². The lowest BCUT2D eigenvalue weighted by molar-refractivity contribution is -0.385. The number of aromatic nitrogens is 2. The van der Waals surface area contributed by atoms with Gasteiger partial charge in [0.1, 0.15) is 5.69 Å². The molecule has 0 radical (unpaired) electrons. The molecule has 1 aromatic rings. The van der Waals surface area contributed by atoms with Gasteiger partial charge in [-0.3, -0.25) is 14.9 Å². The highest BCUT2D eigenvalue weighted by atomic mass is 35.5. The van der Waals surface area contributed by atoms with Crippen molar-refractivity contribution >= 4 is 29.0 Å². The lowest BCUT2D eigenvalue weighted by Crippen LogP contribution is -2.39. The summed E-state index contributed by atoms with van der Waals surface area (Å²) in [5, 5.41) is 13.7. The van der Waals surface area contributed by atoms with Gasteiger partial charge in [-0.05, 0) is 32.4 Å². The average molecular weight is 302 g/mol. The van der Waals surface area contributed by atoms with Gasteiger partial charge in [-0.2, -0.15) is 4.98 Å². The molecule has 1 rings (SSSR count). The van der Waals surface area contributed by atoms with Gasteiger partial charge in [-0.15, -0.1) is 0 Å². The smallest absolute Gasteiger partial charge is 0.332 e. The van der Waals surface area contributed by atoms with E-state index in [0.29, 0.717) is 0 Å². The third-order valence-corrected chi connectivity index (χ3v) is 2.56. The minimum Gasteiger partial charge on any atom is -0.352 e. The number of aryl methyl sites for hydroxylation is 1. The summed E-state index contributed by atoms with van der Waals surface area (Å²) >= 11 is 5.72. The molecule has 0 saturated carbocycles. The zero-order valence-electron chi connectivity index (χ0n) is 11.7. The third-order valence-electron chi connectivity index (χ3n) is 2.39. The number of rotatable bonds is 5. The molecule has 0 spiro atoms. The predicted molar refractivity (Wildman–Crippen MR) is 75.0 cm³/mol. The highest BCUT2D eigenvalue weighted by Crippen LogP contribution is 2.28. The van der Waals surface area contributed by atoms with E-state index in [1.807, 2.05) is 13.8 Å². The molecule has 0 atom stereocenters. The van der Waals surface area contributed by atoms with Gasteiger partial charge in [0.05, 0.1) is 11.5 Å². The van der Waals surface area contributed by atoms with E-state index in [-0.39, 0.29) is 41.0 Å². The van der Waals surface area contributed by atoms with Gasteiger partial charge in [-0.1, -0.05) is 0 Å². The van der Waals surface area contributed by atoms with E-state index in [1.54, 1.807) is 0 Å². The van der Waals surface area contributed by atoms with Crippen LogP contribution in [0.15, 0.2) is 0 Å². The SMILES string of the molecule is Cc1nc(Cl)nc(N(C)CC(=O)NC(C)C)c1[N+](=O)[O-]. The van der Waals surface area contributed by atoms with Crippen LogP contribution >= 0.6 is 11.6 Å². The van der Waals surface area contributed by atoms with Crippen molar-refractivity contribution in [3.05, 3.63) is 21.1 Å². The third kappa shape index (κ3) is 4.02. The van der Waals surface area contributed by atoms with Crippen molar-refractivity contribution in [1.82, 2.24) is 15.3 Å². The van der Waals surface area contributed by atoms with Gasteiger partial charge < -0.3 is 10.2 Å². The molecule has 1 heterocycles. The van der Waals surface area contributed by atoms with Gasteiger partial charge >= 0.3 is 5.69 Å². The number of halogens is 1. The first-order chi connectivity index (χ1) is 9.22. The Hall–Kier alpha value is -1.96. The fourth-order valence-corrected chi connectivity index (χ4v) is 1.86. The molecule has 0 aliphatic rings. The topological polar surface area (TPSA) is 101 Å². The van der Waals surface area contributed by atoms with Crippen LogP contribution in [0.1, 0.15) is 19.5 Å². The number of anilines is 1. The Balaban J connectivity index is 3.06. The quantitative estimate of drug-likeness (QED) is 0.500. The second-order valence-corrected chi connectivity index (χ2v) is 4.92. The number of carbonyl (C=O) groups excluding carboxylic acids is 1. The molecule has 0 aromatic carbocycles. The van der Waals surface area contributed by atoms with Crippen LogP contribution in [0.25, 0.3) is 0 Å². The molecular formula is C11H16ClN5O3. The zero-order chi connectivity index (χ0) is 15.4. The van der Waals surface area contributed by atoms with Crippen LogP contribution in [-0.4, -0.2) is 40.4 Å². The largest absolute Gasteiger partial charge is 0.352 e. The Morgan fingerprint density at radius 3 is 2.60 bits per heavy atom. The number of amides is 1. The van der Waals surface area contributed by atoms with E-state index in [1.165, 1.54) is 18.9 Å². The standard InChI is InChI=1S/C11H16ClN5O3/c1-6(2)13-8(18)5-16(4)10-9(17(19)20)7(3)14-11(12)15-10/h6H,5H2,1-4H3,(H,13,18). The summed E-state index contributed by atoms with van der Waals surface area (Å²) in [5.74, 6) is -0.240. The molecule has 0 unspecified atom stereocenters. The Kier molecular flexibility index (Phi) is 5.20. The highest BCUT2D eigenvalue weighted by molar-refractivity contribution is 6.28. The van der Waals surface area contributed by atoms with E-state index < -0.39 is 4.92 Å². The molecule has 1 aromatic heterocycles. The molecule has 20 heavy (non-hydrogen) atoms. The van der Waals surface area contributed by atoms with Crippen LogP contribution in [0, 0.1) is 17.0 Å². The summed E-state index contributed by atoms with van der Waals surface area (Å²) in [5.41, 5.74) is -0.102. The number of nitro groups is 1. The van der Waals surface area contributed by atoms with Crippen LogP contribution < -0.4 is 10.2 Å². The Morgan fingerprint density at radius 1 is 1.50 bits per heavy atom. The van der Waals surface area contributed by atoms with Crippen LogP contribution in [0.2, 0.25) is 5.28 Å². The number of hydrogen-bond acceptors (Lipinski definition) is 6. The molecule has 1 N–H and O–H groups in total. The van der Waals surface area contributed by atoms with E-state index >= 15 is 0 Å². The lowest BCUT2D eigenvalue weighted by atomic mass is 10.3. The molecule has 0 fully saturated rings. The van der Waals surface area contributed by atoms with Crippen molar-refractivity contribution in [3.8, 4) is 0 Å². The minimum absolute atomic E-state index is 0.0124. The van der Waals surface area contributed by atoms with Gasteiger partial charge in [0.15, 0.2) is 0 Å². The second-order valence-electron chi connectivity index (χ2n) is 4.59. The molecule has 9 heteroatoms. The molecule has 0 bridgehead atoms. The molecule has 0 saturated heterocycles. The number of likely N-dealkylation sites (N-methyl/N-ethyl adjacent to an activating group) is 1. The van der Waals surface area contributed by atoms with Crippen molar-refractivity contribution in [2.24, 2.45) is 0 Å². The predicted octanol–water partition coefficient (Wildman–Crippen LogP) is 1.31. The van der Waals surface area contributed by atoms with Crippen LogP contribution in [0.4, 0.5) is 11.5 Å². The molecule has 1 amide bonds. The number of nitrogens with one attached hydrogen (secondary N) is 1. The van der Waals surface area contributed by atoms with Crippen molar-refractivity contribution in [2.45, 2.75) is 26.8 Å². The normalized spacial score (nSPS) is 10.5.